The highest BCUT2D eigenvalue weighted by Gasteiger charge is 2.23. The molecule has 3 heterocycles. The lowest BCUT2D eigenvalue weighted by atomic mass is 10.0. The van der Waals surface area contributed by atoms with Crippen molar-refractivity contribution >= 4 is 17.2 Å². The second-order valence-electron chi connectivity index (χ2n) is 6.86. The highest BCUT2D eigenvalue weighted by molar-refractivity contribution is 7.15. The van der Waals surface area contributed by atoms with Crippen molar-refractivity contribution in [1.82, 2.24) is 20.4 Å². The average molecular weight is 397 g/mol. The molecule has 1 atom stereocenters. The van der Waals surface area contributed by atoms with Crippen LogP contribution in [0, 0.1) is 6.92 Å². The third-order valence-corrected chi connectivity index (χ3v) is 5.98. The number of nitrogens with one attached hydrogen (secondary N) is 2. The molecule has 146 valence electrons. The summed E-state index contributed by atoms with van der Waals surface area (Å²) in [5, 5.41) is 10.2. The quantitative estimate of drug-likeness (QED) is 0.671. The Kier molecular flexibility index (Phi) is 5.85. The van der Waals surface area contributed by atoms with Gasteiger partial charge in [0.25, 0.3) is 5.91 Å². The van der Waals surface area contributed by atoms with E-state index < -0.39 is 0 Å². The topological polar surface area (TPSA) is 70.2 Å². The number of hydrogen-bond donors (Lipinski definition) is 2. The van der Waals surface area contributed by atoms with Gasteiger partial charge in [0.2, 0.25) is 0 Å². The van der Waals surface area contributed by atoms with Crippen molar-refractivity contribution in [3.63, 3.8) is 0 Å². The van der Waals surface area contributed by atoms with Crippen LogP contribution in [0.4, 0.5) is 0 Å². The number of morpholine rings is 1. The minimum Gasteiger partial charge on any atom is -0.379 e. The highest BCUT2D eigenvalue weighted by Crippen LogP contribution is 2.26. The van der Waals surface area contributed by atoms with E-state index >= 15 is 0 Å². The lowest BCUT2D eigenvalue weighted by molar-refractivity contribution is 0.0162. The molecule has 6 nitrogen and oxygen atoms in total. The minimum absolute atomic E-state index is 0.118. The first-order chi connectivity index (χ1) is 13.7. The van der Waals surface area contributed by atoms with Crippen molar-refractivity contribution in [2.75, 3.05) is 32.8 Å². The van der Waals surface area contributed by atoms with E-state index in [0.29, 0.717) is 12.2 Å². The lowest BCUT2D eigenvalue weighted by Crippen LogP contribution is -2.43. The van der Waals surface area contributed by atoms with Gasteiger partial charge in [0.15, 0.2) is 5.69 Å². The van der Waals surface area contributed by atoms with E-state index in [1.807, 2.05) is 30.3 Å². The summed E-state index contributed by atoms with van der Waals surface area (Å²) in [6.07, 6.45) is 0. The van der Waals surface area contributed by atoms with Crippen LogP contribution in [-0.2, 0) is 4.74 Å². The van der Waals surface area contributed by atoms with Gasteiger partial charge in [0.05, 0.1) is 29.8 Å². The molecule has 2 aromatic heterocycles. The first kappa shape index (κ1) is 18.9. The summed E-state index contributed by atoms with van der Waals surface area (Å²) in [6, 6.07) is 16.3. The molecular weight excluding hydrogens is 372 g/mol. The number of aromatic amines is 1. The third-order valence-electron chi connectivity index (χ3n) is 4.94. The van der Waals surface area contributed by atoms with E-state index in [0.717, 1.165) is 36.9 Å². The van der Waals surface area contributed by atoms with E-state index in [9.17, 15) is 4.79 Å². The summed E-state index contributed by atoms with van der Waals surface area (Å²) in [4.78, 5) is 17.4. The van der Waals surface area contributed by atoms with Crippen LogP contribution in [-0.4, -0.2) is 53.9 Å². The summed E-state index contributed by atoms with van der Waals surface area (Å²) in [7, 11) is 0. The number of carbonyl (C=O) groups is 1. The average Bonchev–Trinajstić information content (AvgIpc) is 3.39. The molecule has 2 N–H and O–H groups in total. The Hall–Kier alpha value is -2.48. The molecular formula is C21H24N4O2S. The zero-order valence-corrected chi connectivity index (χ0v) is 16.7. The van der Waals surface area contributed by atoms with E-state index in [2.05, 4.69) is 45.5 Å². The number of amides is 1. The fourth-order valence-corrected chi connectivity index (χ4v) is 4.28. The maximum Gasteiger partial charge on any atom is 0.271 e. The van der Waals surface area contributed by atoms with Crippen LogP contribution >= 0.6 is 11.3 Å². The molecule has 1 aromatic carbocycles. The van der Waals surface area contributed by atoms with Crippen LogP contribution in [0.15, 0.2) is 48.5 Å². The maximum atomic E-state index is 12.7. The van der Waals surface area contributed by atoms with Gasteiger partial charge < -0.3 is 10.1 Å². The maximum absolute atomic E-state index is 12.7. The summed E-state index contributed by atoms with van der Waals surface area (Å²) >= 11 is 1.68. The molecule has 1 amide bonds. The van der Waals surface area contributed by atoms with Crippen molar-refractivity contribution < 1.29 is 9.53 Å². The normalized spacial score (nSPS) is 16.0. The Labute approximate surface area is 168 Å². The number of benzene rings is 1. The number of aryl methyl sites for hydroxylation is 1. The first-order valence-corrected chi connectivity index (χ1v) is 10.3. The van der Waals surface area contributed by atoms with Gasteiger partial charge in [-0.2, -0.15) is 5.10 Å². The predicted octanol–water partition coefficient (Wildman–Crippen LogP) is 3.25. The molecule has 1 aliphatic heterocycles. The Morgan fingerprint density at radius 2 is 2.04 bits per heavy atom. The number of rotatable bonds is 6. The van der Waals surface area contributed by atoms with Crippen molar-refractivity contribution in [2.45, 2.75) is 13.0 Å². The highest BCUT2D eigenvalue weighted by atomic mass is 32.1. The second kappa shape index (κ2) is 8.68. The van der Waals surface area contributed by atoms with E-state index in [1.54, 1.807) is 11.3 Å². The minimum atomic E-state index is -0.162. The zero-order valence-electron chi connectivity index (χ0n) is 15.9. The molecule has 28 heavy (non-hydrogen) atoms. The SMILES string of the molecule is Cc1ccc(-c2cc(C(=O)NCC(c3ccccc3)N3CCOCC3)n[nH]2)s1. The lowest BCUT2D eigenvalue weighted by Gasteiger charge is -2.34. The molecule has 0 aliphatic carbocycles. The van der Waals surface area contributed by atoms with E-state index in [4.69, 9.17) is 4.74 Å². The molecule has 1 aliphatic rings. The van der Waals surface area contributed by atoms with E-state index in [-0.39, 0.29) is 11.9 Å². The van der Waals surface area contributed by atoms with Gasteiger partial charge in [-0.3, -0.25) is 14.8 Å². The zero-order chi connectivity index (χ0) is 19.3. The molecule has 1 fully saturated rings. The standard InChI is InChI=1S/C21H24N4O2S/c1-15-7-8-20(28-15)17-13-18(24-23-17)21(26)22-14-19(16-5-3-2-4-6-16)25-9-11-27-12-10-25/h2-8,13,19H,9-12,14H2,1H3,(H,22,26)(H,23,24). The summed E-state index contributed by atoms with van der Waals surface area (Å²) in [5.74, 6) is -0.162. The van der Waals surface area contributed by atoms with Gasteiger partial charge in [-0.25, -0.2) is 0 Å². The first-order valence-electron chi connectivity index (χ1n) is 9.48. The van der Waals surface area contributed by atoms with Gasteiger partial charge in [0.1, 0.15) is 0 Å². The van der Waals surface area contributed by atoms with Crippen molar-refractivity contribution in [3.05, 3.63) is 64.7 Å². The Balaban J connectivity index is 1.44. The molecule has 0 spiro atoms. The van der Waals surface area contributed by atoms with Crippen LogP contribution in [0.1, 0.15) is 27.0 Å². The van der Waals surface area contributed by atoms with Crippen molar-refractivity contribution in [3.8, 4) is 10.6 Å². The number of H-pyrrole nitrogens is 1. The van der Waals surface area contributed by atoms with Crippen LogP contribution in [0.3, 0.4) is 0 Å². The van der Waals surface area contributed by atoms with Crippen molar-refractivity contribution in [2.24, 2.45) is 0 Å². The largest absolute Gasteiger partial charge is 0.379 e. The van der Waals surface area contributed by atoms with Crippen LogP contribution in [0.5, 0.6) is 0 Å². The molecule has 3 aromatic rings. The third kappa shape index (κ3) is 4.32. The molecule has 0 radical (unpaired) electrons. The number of hydrogen-bond acceptors (Lipinski definition) is 5. The number of thiophene rings is 1. The molecule has 7 heteroatoms. The van der Waals surface area contributed by atoms with E-state index in [1.165, 1.54) is 10.4 Å². The monoisotopic (exact) mass is 396 g/mol. The summed E-state index contributed by atoms with van der Waals surface area (Å²) in [5.41, 5.74) is 2.48. The van der Waals surface area contributed by atoms with Crippen LogP contribution in [0.2, 0.25) is 0 Å². The fraction of sp³-hybridized carbons (Fsp3) is 0.333. The van der Waals surface area contributed by atoms with Crippen molar-refractivity contribution in [1.29, 1.82) is 0 Å². The predicted molar refractivity (Wildman–Crippen MR) is 111 cm³/mol. The van der Waals surface area contributed by atoms with Gasteiger partial charge in [0, 0.05) is 24.5 Å². The molecule has 1 unspecified atom stereocenters. The van der Waals surface area contributed by atoms with Crippen LogP contribution in [0.25, 0.3) is 10.6 Å². The van der Waals surface area contributed by atoms with Gasteiger partial charge in [-0.1, -0.05) is 30.3 Å². The molecule has 1 saturated heterocycles. The molecule has 0 bridgehead atoms. The second-order valence-corrected chi connectivity index (χ2v) is 8.15. The van der Waals surface area contributed by atoms with Gasteiger partial charge >= 0.3 is 0 Å². The number of nitrogens with zero attached hydrogens (tertiary/aromatic N) is 2. The summed E-state index contributed by atoms with van der Waals surface area (Å²) < 4.78 is 5.48. The molecule has 4 rings (SSSR count). The summed E-state index contributed by atoms with van der Waals surface area (Å²) in [6.45, 7) is 5.76. The number of ether oxygens (including phenoxy) is 1. The molecule has 0 saturated carbocycles. The Morgan fingerprint density at radius 1 is 1.25 bits per heavy atom. The fourth-order valence-electron chi connectivity index (χ4n) is 3.45. The van der Waals surface area contributed by atoms with Crippen LogP contribution < -0.4 is 5.32 Å². The number of carbonyl (C=O) groups excluding carboxylic acids is 1. The Bertz CT molecular complexity index is 915. The number of aromatic nitrogens is 2. The van der Waals surface area contributed by atoms with Gasteiger partial charge in [-0.15, -0.1) is 11.3 Å². The smallest absolute Gasteiger partial charge is 0.271 e. The Morgan fingerprint density at radius 3 is 2.75 bits per heavy atom. The van der Waals surface area contributed by atoms with Gasteiger partial charge in [-0.05, 0) is 30.7 Å².